The van der Waals surface area contributed by atoms with Gasteiger partial charge in [-0.2, -0.15) is 0 Å². The largest absolute Gasteiger partial charge is 0.459 e. The van der Waals surface area contributed by atoms with Gasteiger partial charge >= 0.3 is 0 Å². The van der Waals surface area contributed by atoms with Crippen LogP contribution < -0.4 is 16.0 Å². The lowest BCUT2D eigenvalue weighted by atomic mass is 10.2. The molecular formula is C19H17N3O3. The molecule has 0 aliphatic heterocycles. The number of carbonyl (C=O) groups is 2. The van der Waals surface area contributed by atoms with Crippen molar-refractivity contribution in [2.75, 3.05) is 22.5 Å². The van der Waals surface area contributed by atoms with Crippen LogP contribution in [0, 0.1) is 0 Å². The normalized spacial score (nSPS) is 10.1. The Morgan fingerprint density at radius 2 is 1.52 bits per heavy atom. The topological polar surface area (TPSA) is 83.4 Å². The number of carbonyl (C=O) groups excluding carboxylic acids is 2. The number of rotatable bonds is 6. The first-order chi connectivity index (χ1) is 12.2. The molecule has 0 saturated heterocycles. The first-order valence-electron chi connectivity index (χ1n) is 7.74. The van der Waals surface area contributed by atoms with Crippen molar-refractivity contribution in [3.63, 3.8) is 0 Å². The number of hydrogen-bond acceptors (Lipinski definition) is 4. The summed E-state index contributed by atoms with van der Waals surface area (Å²) in [5, 5.41) is 8.54. The molecule has 6 heteroatoms. The highest BCUT2D eigenvalue weighted by molar-refractivity contribution is 6.02. The smallest absolute Gasteiger partial charge is 0.291 e. The fourth-order valence-electron chi connectivity index (χ4n) is 2.22. The van der Waals surface area contributed by atoms with Gasteiger partial charge in [-0.25, -0.2) is 0 Å². The summed E-state index contributed by atoms with van der Waals surface area (Å²) < 4.78 is 5.05. The number of nitrogens with one attached hydrogen (secondary N) is 3. The van der Waals surface area contributed by atoms with E-state index in [1.165, 1.54) is 6.26 Å². The van der Waals surface area contributed by atoms with E-state index < -0.39 is 0 Å². The fourth-order valence-corrected chi connectivity index (χ4v) is 2.22. The number of para-hydroxylation sites is 1. The Bertz CT molecular complexity index is 845. The van der Waals surface area contributed by atoms with E-state index in [1.807, 2.05) is 30.3 Å². The van der Waals surface area contributed by atoms with Crippen LogP contribution in [0.25, 0.3) is 0 Å². The first kappa shape index (κ1) is 16.3. The van der Waals surface area contributed by atoms with Crippen molar-refractivity contribution in [2.45, 2.75) is 0 Å². The minimum Gasteiger partial charge on any atom is -0.459 e. The van der Waals surface area contributed by atoms with Crippen LogP contribution in [-0.2, 0) is 4.79 Å². The molecule has 1 aromatic heterocycles. The first-order valence-corrected chi connectivity index (χ1v) is 7.74. The van der Waals surface area contributed by atoms with E-state index in [2.05, 4.69) is 16.0 Å². The summed E-state index contributed by atoms with van der Waals surface area (Å²) in [4.78, 5) is 24.0. The van der Waals surface area contributed by atoms with E-state index in [0.29, 0.717) is 11.4 Å². The molecular weight excluding hydrogens is 318 g/mol. The Morgan fingerprint density at radius 1 is 0.800 bits per heavy atom. The van der Waals surface area contributed by atoms with Crippen LogP contribution in [0.3, 0.4) is 0 Å². The Labute approximate surface area is 144 Å². The van der Waals surface area contributed by atoms with Gasteiger partial charge in [-0.15, -0.1) is 0 Å². The molecule has 0 aliphatic rings. The molecule has 25 heavy (non-hydrogen) atoms. The second-order valence-electron chi connectivity index (χ2n) is 5.28. The third-order valence-corrected chi connectivity index (χ3v) is 3.38. The van der Waals surface area contributed by atoms with Gasteiger partial charge in [0.15, 0.2) is 5.76 Å². The van der Waals surface area contributed by atoms with Gasteiger partial charge in [0.05, 0.1) is 12.8 Å². The predicted molar refractivity (Wildman–Crippen MR) is 96.7 cm³/mol. The van der Waals surface area contributed by atoms with E-state index in [0.717, 1.165) is 5.69 Å². The average Bonchev–Trinajstić information content (AvgIpc) is 3.16. The molecule has 126 valence electrons. The quantitative estimate of drug-likeness (QED) is 0.643. The summed E-state index contributed by atoms with van der Waals surface area (Å²) in [6, 6.07) is 19.6. The van der Waals surface area contributed by atoms with Gasteiger partial charge in [0.1, 0.15) is 0 Å². The summed E-state index contributed by atoms with van der Waals surface area (Å²) in [7, 11) is 0. The molecule has 0 unspecified atom stereocenters. The zero-order chi connectivity index (χ0) is 17.5. The summed E-state index contributed by atoms with van der Waals surface area (Å²) in [6.07, 6.45) is 1.44. The van der Waals surface area contributed by atoms with Crippen LogP contribution >= 0.6 is 0 Å². The van der Waals surface area contributed by atoms with Crippen LogP contribution in [0.15, 0.2) is 77.4 Å². The molecule has 3 rings (SSSR count). The zero-order valence-corrected chi connectivity index (χ0v) is 13.4. The van der Waals surface area contributed by atoms with Gasteiger partial charge in [-0.3, -0.25) is 9.59 Å². The number of furan rings is 1. The zero-order valence-electron chi connectivity index (χ0n) is 13.4. The highest BCUT2D eigenvalue weighted by atomic mass is 16.3. The van der Waals surface area contributed by atoms with Crippen LogP contribution in [-0.4, -0.2) is 18.4 Å². The second-order valence-corrected chi connectivity index (χ2v) is 5.28. The number of hydrogen-bond donors (Lipinski definition) is 3. The Balaban J connectivity index is 1.56. The maximum Gasteiger partial charge on any atom is 0.291 e. The second kappa shape index (κ2) is 7.83. The van der Waals surface area contributed by atoms with Crippen LogP contribution in [0.2, 0.25) is 0 Å². The minimum atomic E-state index is -0.348. The number of anilines is 3. The van der Waals surface area contributed by atoms with E-state index in [1.54, 1.807) is 36.4 Å². The SMILES string of the molecule is O=C(CNc1ccccc1)Nc1cccc(NC(=O)c2ccco2)c1. The lowest BCUT2D eigenvalue weighted by Crippen LogP contribution is -2.21. The summed E-state index contributed by atoms with van der Waals surface area (Å²) in [6.45, 7) is 0.146. The van der Waals surface area contributed by atoms with Crippen molar-refractivity contribution < 1.29 is 14.0 Å². The fraction of sp³-hybridized carbons (Fsp3) is 0.0526. The molecule has 6 nitrogen and oxygen atoms in total. The Morgan fingerprint density at radius 3 is 2.24 bits per heavy atom. The van der Waals surface area contributed by atoms with Gasteiger partial charge in [-0.1, -0.05) is 24.3 Å². The van der Waals surface area contributed by atoms with Gasteiger partial charge in [0, 0.05) is 17.1 Å². The van der Waals surface area contributed by atoms with Crippen LogP contribution in [0.1, 0.15) is 10.6 Å². The molecule has 2 aromatic carbocycles. The molecule has 0 radical (unpaired) electrons. The monoisotopic (exact) mass is 335 g/mol. The molecule has 0 saturated carbocycles. The molecule has 0 fully saturated rings. The van der Waals surface area contributed by atoms with E-state index in [4.69, 9.17) is 4.42 Å². The van der Waals surface area contributed by atoms with Gasteiger partial charge in [0.25, 0.3) is 5.91 Å². The highest BCUT2D eigenvalue weighted by Crippen LogP contribution is 2.16. The van der Waals surface area contributed by atoms with Crippen molar-refractivity contribution in [3.8, 4) is 0 Å². The molecule has 0 atom stereocenters. The van der Waals surface area contributed by atoms with Crippen molar-refractivity contribution in [2.24, 2.45) is 0 Å². The minimum absolute atomic E-state index is 0.146. The van der Waals surface area contributed by atoms with Crippen LogP contribution in [0.5, 0.6) is 0 Å². The third kappa shape index (κ3) is 4.71. The maximum atomic E-state index is 12.0. The predicted octanol–water partition coefficient (Wildman–Crippen LogP) is 3.58. The number of amides is 2. The van der Waals surface area contributed by atoms with Gasteiger partial charge in [-0.05, 0) is 42.5 Å². The van der Waals surface area contributed by atoms with Crippen molar-refractivity contribution >= 4 is 28.9 Å². The van der Waals surface area contributed by atoms with E-state index >= 15 is 0 Å². The lowest BCUT2D eigenvalue weighted by Gasteiger charge is -2.09. The van der Waals surface area contributed by atoms with E-state index in [-0.39, 0.29) is 24.1 Å². The van der Waals surface area contributed by atoms with Crippen molar-refractivity contribution in [3.05, 3.63) is 78.8 Å². The third-order valence-electron chi connectivity index (χ3n) is 3.38. The van der Waals surface area contributed by atoms with Crippen molar-refractivity contribution in [1.29, 1.82) is 0 Å². The molecule has 2 amide bonds. The number of benzene rings is 2. The van der Waals surface area contributed by atoms with Crippen LogP contribution in [0.4, 0.5) is 17.1 Å². The Hall–Kier alpha value is -3.54. The summed E-state index contributed by atoms with van der Waals surface area (Å²) >= 11 is 0. The maximum absolute atomic E-state index is 12.0. The molecule has 0 spiro atoms. The molecule has 3 N–H and O–H groups in total. The standard InChI is InChI=1S/C19H17N3O3/c23-18(13-20-14-6-2-1-3-7-14)21-15-8-4-9-16(12-15)22-19(24)17-10-5-11-25-17/h1-12,20H,13H2,(H,21,23)(H,22,24). The molecule has 3 aromatic rings. The molecule has 0 bridgehead atoms. The summed E-state index contributed by atoms with van der Waals surface area (Å²) in [5.41, 5.74) is 2.03. The van der Waals surface area contributed by atoms with Gasteiger partial charge < -0.3 is 20.4 Å². The lowest BCUT2D eigenvalue weighted by molar-refractivity contribution is -0.114. The Kier molecular flexibility index (Phi) is 5.11. The molecule has 0 aliphatic carbocycles. The van der Waals surface area contributed by atoms with E-state index in [9.17, 15) is 9.59 Å². The van der Waals surface area contributed by atoms with Gasteiger partial charge in [0.2, 0.25) is 5.91 Å². The highest BCUT2D eigenvalue weighted by Gasteiger charge is 2.09. The van der Waals surface area contributed by atoms with Crippen molar-refractivity contribution in [1.82, 2.24) is 0 Å². The molecule has 1 heterocycles. The average molecular weight is 335 g/mol. The summed E-state index contributed by atoms with van der Waals surface area (Å²) in [5.74, 6) is -0.306.